The second kappa shape index (κ2) is 8.84. The van der Waals surface area contributed by atoms with Gasteiger partial charge in [0.25, 0.3) is 0 Å². The molecule has 1 aromatic carbocycles. The van der Waals surface area contributed by atoms with Gasteiger partial charge in [-0.05, 0) is 37.1 Å². The number of piperidine rings is 1. The van der Waals surface area contributed by atoms with Crippen LogP contribution in [0.4, 0.5) is 16.3 Å². The molecule has 1 saturated carbocycles. The van der Waals surface area contributed by atoms with Crippen molar-refractivity contribution < 1.29 is 14.3 Å². The lowest BCUT2D eigenvalue weighted by Gasteiger charge is -2.32. The van der Waals surface area contributed by atoms with Crippen molar-refractivity contribution in [3.05, 3.63) is 36.0 Å². The van der Waals surface area contributed by atoms with E-state index in [4.69, 9.17) is 4.74 Å². The molecule has 4 rings (SSSR count). The predicted octanol–water partition coefficient (Wildman–Crippen LogP) is 4.14. The number of aromatic nitrogens is 2. The topological polar surface area (TPSA) is 88.5 Å². The molecule has 32 heavy (non-hydrogen) atoms. The minimum absolute atomic E-state index is 0.0899. The third-order valence-corrected chi connectivity index (χ3v) is 5.99. The Kier molecular flexibility index (Phi) is 6.13. The Bertz CT molecular complexity index is 965. The molecule has 8 heteroatoms. The molecule has 8 nitrogen and oxygen atoms in total. The third kappa shape index (κ3) is 5.41. The fourth-order valence-electron chi connectivity index (χ4n) is 3.82. The van der Waals surface area contributed by atoms with Crippen LogP contribution in [0.3, 0.4) is 0 Å². The molecule has 3 amide bonds. The zero-order valence-corrected chi connectivity index (χ0v) is 19.4. The number of rotatable bonds is 5. The Balaban J connectivity index is 1.25. The maximum Gasteiger partial charge on any atom is 0.324 e. The van der Waals surface area contributed by atoms with Crippen molar-refractivity contribution in [1.82, 2.24) is 14.7 Å². The van der Waals surface area contributed by atoms with Crippen molar-refractivity contribution in [2.24, 2.45) is 13.0 Å². The minimum atomic E-state index is -0.324. The summed E-state index contributed by atoms with van der Waals surface area (Å²) in [6.45, 7) is 7.79. The number of hydrogen-bond acceptors (Lipinski definition) is 4. The zero-order valence-electron chi connectivity index (χ0n) is 19.4. The van der Waals surface area contributed by atoms with Gasteiger partial charge >= 0.3 is 6.03 Å². The second-order valence-electron chi connectivity index (χ2n) is 9.81. The average Bonchev–Trinajstić information content (AvgIpc) is 3.53. The summed E-state index contributed by atoms with van der Waals surface area (Å²) in [6.07, 6.45) is 3.91. The van der Waals surface area contributed by atoms with Gasteiger partial charge in [-0.3, -0.25) is 14.8 Å². The zero-order chi connectivity index (χ0) is 22.9. The van der Waals surface area contributed by atoms with Gasteiger partial charge in [0.05, 0.1) is 5.69 Å². The molecule has 2 fully saturated rings. The summed E-state index contributed by atoms with van der Waals surface area (Å²) in [7, 11) is 1.81. The molecule has 0 bridgehead atoms. The molecule has 0 radical (unpaired) electrons. The van der Waals surface area contributed by atoms with Gasteiger partial charge in [-0.25, -0.2) is 4.79 Å². The van der Waals surface area contributed by atoms with Crippen LogP contribution < -0.4 is 15.4 Å². The van der Waals surface area contributed by atoms with Crippen LogP contribution in [-0.4, -0.2) is 45.8 Å². The number of carbonyl (C=O) groups is 2. The van der Waals surface area contributed by atoms with Gasteiger partial charge < -0.3 is 15.0 Å². The highest BCUT2D eigenvalue weighted by atomic mass is 16.5. The Morgan fingerprint density at radius 3 is 2.25 bits per heavy atom. The number of urea groups is 1. The number of ether oxygens (including phenoxy) is 1. The molecule has 2 aromatic rings. The molecule has 0 spiro atoms. The van der Waals surface area contributed by atoms with Gasteiger partial charge in [0, 0.05) is 56.1 Å². The van der Waals surface area contributed by atoms with Crippen molar-refractivity contribution >= 4 is 23.4 Å². The molecule has 172 valence electrons. The van der Waals surface area contributed by atoms with Crippen LogP contribution in [0.1, 0.15) is 52.1 Å². The average molecular weight is 440 g/mol. The Morgan fingerprint density at radius 2 is 1.69 bits per heavy atom. The Hall–Kier alpha value is -3.03. The lowest BCUT2D eigenvalue weighted by molar-refractivity contribution is -0.134. The number of likely N-dealkylation sites (tertiary alicyclic amines) is 1. The highest BCUT2D eigenvalue weighted by Gasteiger charge is 2.35. The molecule has 2 aliphatic rings. The Labute approximate surface area is 189 Å². The molecular weight excluding hydrogens is 406 g/mol. The first kappa shape index (κ1) is 22.2. The summed E-state index contributed by atoms with van der Waals surface area (Å²) < 4.78 is 7.75. The van der Waals surface area contributed by atoms with Crippen LogP contribution in [0.2, 0.25) is 0 Å². The molecule has 2 heterocycles. The number of carbonyl (C=O) groups excluding carboxylic acids is 2. The summed E-state index contributed by atoms with van der Waals surface area (Å²) in [6, 6.07) is 8.93. The Morgan fingerprint density at radius 1 is 1.03 bits per heavy atom. The highest BCUT2D eigenvalue weighted by Crippen LogP contribution is 2.32. The standard InChI is InChI=1S/C24H33N5O3/c1-24(2,3)20-15-21(28(4)27-20)26-23(31)25-17-7-9-18(10-8-17)32-19-11-13-29(14-12-19)22(30)16-5-6-16/h7-10,15-16,19H,5-6,11-14H2,1-4H3,(H2,25,26,31). The molecule has 2 N–H and O–H groups in total. The molecule has 1 aliphatic carbocycles. The SMILES string of the molecule is Cn1nc(C(C)(C)C)cc1NC(=O)Nc1ccc(OC2CCN(C(=O)C3CC3)CC2)cc1. The van der Waals surface area contributed by atoms with Gasteiger partial charge in [0.2, 0.25) is 5.91 Å². The molecule has 0 atom stereocenters. The fourth-order valence-corrected chi connectivity index (χ4v) is 3.82. The van der Waals surface area contributed by atoms with Crippen LogP contribution in [-0.2, 0) is 17.3 Å². The van der Waals surface area contributed by atoms with E-state index in [1.54, 1.807) is 4.68 Å². The molecule has 0 unspecified atom stereocenters. The number of nitrogens with zero attached hydrogens (tertiary/aromatic N) is 3. The van der Waals surface area contributed by atoms with Crippen molar-refractivity contribution in [3.63, 3.8) is 0 Å². The van der Waals surface area contributed by atoms with E-state index in [0.717, 1.165) is 50.2 Å². The summed E-state index contributed by atoms with van der Waals surface area (Å²) in [5.41, 5.74) is 1.50. The first-order valence-electron chi connectivity index (χ1n) is 11.4. The third-order valence-electron chi connectivity index (χ3n) is 5.99. The van der Waals surface area contributed by atoms with E-state index in [9.17, 15) is 9.59 Å². The van der Waals surface area contributed by atoms with Crippen LogP contribution >= 0.6 is 0 Å². The number of amides is 3. The molecule has 1 saturated heterocycles. The first-order valence-corrected chi connectivity index (χ1v) is 11.4. The summed E-state index contributed by atoms with van der Waals surface area (Å²) in [5, 5.41) is 10.2. The maximum atomic E-state index is 12.4. The smallest absolute Gasteiger partial charge is 0.324 e. The van der Waals surface area contributed by atoms with Crippen molar-refractivity contribution in [3.8, 4) is 5.75 Å². The number of anilines is 2. The van der Waals surface area contributed by atoms with E-state index in [-0.39, 0.29) is 23.5 Å². The monoisotopic (exact) mass is 439 g/mol. The van der Waals surface area contributed by atoms with E-state index in [1.165, 1.54) is 0 Å². The van der Waals surface area contributed by atoms with E-state index < -0.39 is 0 Å². The quantitative estimate of drug-likeness (QED) is 0.733. The van der Waals surface area contributed by atoms with Crippen molar-refractivity contribution in [2.45, 2.75) is 58.0 Å². The molecule has 1 aromatic heterocycles. The van der Waals surface area contributed by atoms with E-state index in [0.29, 0.717) is 17.4 Å². The summed E-state index contributed by atoms with van der Waals surface area (Å²) in [4.78, 5) is 26.6. The number of benzene rings is 1. The van der Waals surface area contributed by atoms with Gasteiger partial charge in [-0.15, -0.1) is 0 Å². The van der Waals surface area contributed by atoms with Gasteiger partial charge in [0.1, 0.15) is 17.7 Å². The lowest BCUT2D eigenvalue weighted by atomic mass is 9.92. The second-order valence-corrected chi connectivity index (χ2v) is 9.81. The van der Waals surface area contributed by atoms with Crippen LogP contribution in [0.5, 0.6) is 5.75 Å². The predicted molar refractivity (Wildman–Crippen MR) is 124 cm³/mol. The molecular formula is C24H33N5O3. The number of hydrogen-bond donors (Lipinski definition) is 2. The van der Waals surface area contributed by atoms with Gasteiger partial charge in [0.15, 0.2) is 0 Å². The lowest BCUT2D eigenvalue weighted by Crippen LogP contribution is -2.42. The van der Waals surface area contributed by atoms with Crippen molar-refractivity contribution in [1.29, 1.82) is 0 Å². The van der Waals surface area contributed by atoms with Crippen LogP contribution in [0.15, 0.2) is 30.3 Å². The maximum absolute atomic E-state index is 12.4. The number of aryl methyl sites for hydroxylation is 1. The van der Waals surface area contributed by atoms with E-state index in [1.807, 2.05) is 42.3 Å². The highest BCUT2D eigenvalue weighted by molar-refractivity contribution is 5.99. The summed E-state index contributed by atoms with van der Waals surface area (Å²) in [5.74, 6) is 2.00. The minimum Gasteiger partial charge on any atom is -0.490 e. The van der Waals surface area contributed by atoms with E-state index >= 15 is 0 Å². The van der Waals surface area contributed by atoms with Crippen molar-refractivity contribution in [2.75, 3.05) is 23.7 Å². The van der Waals surface area contributed by atoms with Gasteiger partial charge in [-0.2, -0.15) is 5.10 Å². The van der Waals surface area contributed by atoms with E-state index in [2.05, 4.69) is 36.5 Å². The van der Waals surface area contributed by atoms with Crippen LogP contribution in [0, 0.1) is 5.92 Å². The largest absolute Gasteiger partial charge is 0.490 e. The first-order chi connectivity index (χ1) is 15.2. The van der Waals surface area contributed by atoms with Gasteiger partial charge in [-0.1, -0.05) is 20.8 Å². The normalized spacial score (nSPS) is 17.2. The molecule has 1 aliphatic heterocycles. The van der Waals surface area contributed by atoms with Crippen LogP contribution in [0.25, 0.3) is 0 Å². The fraction of sp³-hybridized carbons (Fsp3) is 0.542. The number of nitrogens with one attached hydrogen (secondary N) is 2. The summed E-state index contributed by atoms with van der Waals surface area (Å²) >= 11 is 0.